The van der Waals surface area contributed by atoms with Gasteiger partial charge < -0.3 is 10.2 Å². The predicted molar refractivity (Wildman–Crippen MR) is 128 cm³/mol. The molecule has 0 amide bonds. The maximum absolute atomic E-state index is 11.8. The van der Waals surface area contributed by atoms with E-state index in [1.807, 2.05) is 24.3 Å². The summed E-state index contributed by atoms with van der Waals surface area (Å²) >= 11 is 0. The highest BCUT2D eigenvalue weighted by Crippen LogP contribution is 2.42. The number of Topliss-reactive ketones (excluding diaryl/α,β-unsaturated/α-hetero) is 1. The third-order valence-electron chi connectivity index (χ3n) is 6.13. The Labute approximate surface area is 188 Å². The van der Waals surface area contributed by atoms with Crippen LogP contribution in [0.25, 0.3) is 0 Å². The van der Waals surface area contributed by atoms with Crippen LogP contribution < -0.4 is 0 Å². The second kappa shape index (κ2) is 14.2. The molecular weight excluding hydrogens is 388 g/mol. The number of aliphatic carboxylic acids is 1. The van der Waals surface area contributed by atoms with Crippen LogP contribution in [0, 0.1) is 11.3 Å². The predicted octanol–water partition coefficient (Wildman–Crippen LogP) is 6.56. The smallest absolute Gasteiger partial charge is 0.310 e. The second-order valence-electron chi connectivity index (χ2n) is 9.52. The first-order chi connectivity index (χ1) is 14.6. The minimum atomic E-state index is -1.07. The van der Waals surface area contributed by atoms with Gasteiger partial charge in [0, 0.05) is 11.8 Å². The number of carbonyl (C=O) groups is 2. The molecule has 1 aliphatic carbocycles. The maximum atomic E-state index is 11.8. The molecule has 1 saturated carbocycles. The fraction of sp³-hybridized carbons (Fsp3) is 0.630. The number of carboxylic acid groups (broad SMARTS) is 1. The molecule has 0 aromatic carbocycles. The molecule has 0 saturated heterocycles. The largest absolute Gasteiger partial charge is 0.481 e. The Balaban J connectivity index is 2.54. The lowest BCUT2D eigenvalue weighted by molar-refractivity contribution is -0.140. The van der Waals surface area contributed by atoms with Crippen molar-refractivity contribution >= 4 is 11.8 Å². The molecule has 1 rings (SSSR count). The van der Waals surface area contributed by atoms with Gasteiger partial charge in [-0.2, -0.15) is 0 Å². The Hall–Kier alpha value is -1.94. The molecule has 0 spiro atoms. The number of hydrogen-bond acceptors (Lipinski definition) is 3. The van der Waals surface area contributed by atoms with Crippen LogP contribution in [0.2, 0.25) is 0 Å². The number of aliphatic hydroxyl groups is 1. The number of allylic oxidation sites excluding steroid dienone is 7. The first-order valence-electron chi connectivity index (χ1n) is 11.7. The summed E-state index contributed by atoms with van der Waals surface area (Å²) in [6.07, 6.45) is 19.7. The van der Waals surface area contributed by atoms with Gasteiger partial charge in [-0.15, -0.1) is 0 Å². The van der Waals surface area contributed by atoms with Gasteiger partial charge in [0.2, 0.25) is 0 Å². The topological polar surface area (TPSA) is 74.6 Å². The average Bonchev–Trinajstić information content (AvgIpc) is 2.68. The molecule has 0 heterocycles. The second-order valence-corrected chi connectivity index (χ2v) is 9.52. The number of rotatable bonds is 13. The molecule has 4 heteroatoms. The summed E-state index contributed by atoms with van der Waals surface area (Å²) in [5.41, 5.74) is 2.46. The molecule has 0 aliphatic heterocycles. The summed E-state index contributed by atoms with van der Waals surface area (Å²) in [5, 5.41) is 19.0. The molecule has 2 N–H and O–H groups in total. The molecule has 0 aromatic rings. The summed E-state index contributed by atoms with van der Waals surface area (Å²) in [4.78, 5) is 22.4. The van der Waals surface area contributed by atoms with Crippen molar-refractivity contribution in [1.29, 1.82) is 0 Å². The molecule has 0 aromatic heterocycles. The van der Waals surface area contributed by atoms with E-state index in [0.29, 0.717) is 5.92 Å². The number of carbonyl (C=O) groups excluding carboxylic acids is 1. The van der Waals surface area contributed by atoms with E-state index in [1.54, 1.807) is 0 Å². The minimum absolute atomic E-state index is 0.115. The number of hydrogen-bond donors (Lipinski definition) is 2. The van der Waals surface area contributed by atoms with Gasteiger partial charge in [0.05, 0.1) is 6.10 Å². The van der Waals surface area contributed by atoms with E-state index in [0.717, 1.165) is 51.4 Å². The molecule has 0 bridgehead atoms. The van der Waals surface area contributed by atoms with E-state index in [1.165, 1.54) is 11.1 Å². The van der Waals surface area contributed by atoms with E-state index in [4.69, 9.17) is 5.11 Å². The van der Waals surface area contributed by atoms with Gasteiger partial charge in [-0.25, -0.2) is 0 Å². The first-order valence-corrected chi connectivity index (χ1v) is 11.7. The molecule has 1 fully saturated rings. The zero-order valence-electron chi connectivity index (χ0n) is 19.9. The van der Waals surface area contributed by atoms with Crippen molar-refractivity contribution < 1.29 is 19.8 Å². The van der Waals surface area contributed by atoms with Crippen molar-refractivity contribution in [3.63, 3.8) is 0 Å². The lowest BCUT2D eigenvalue weighted by Crippen LogP contribution is -2.21. The number of carboxylic acids is 1. The van der Waals surface area contributed by atoms with Gasteiger partial charge in [-0.05, 0) is 64.7 Å². The van der Waals surface area contributed by atoms with Crippen LogP contribution in [-0.4, -0.2) is 28.1 Å². The Morgan fingerprint density at radius 1 is 1.13 bits per heavy atom. The Morgan fingerprint density at radius 2 is 1.87 bits per heavy atom. The summed E-state index contributed by atoms with van der Waals surface area (Å²) in [6.45, 7) is 8.67. The molecule has 4 nitrogen and oxygen atoms in total. The van der Waals surface area contributed by atoms with E-state index < -0.39 is 18.5 Å². The zero-order valence-corrected chi connectivity index (χ0v) is 19.9. The lowest BCUT2D eigenvalue weighted by atomic mass is 9.71. The molecule has 31 heavy (non-hydrogen) atoms. The van der Waals surface area contributed by atoms with Crippen LogP contribution in [0.3, 0.4) is 0 Å². The lowest BCUT2D eigenvalue weighted by Gasteiger charge is -2.34. The number of aliphatic hydroxyl groups excluding tert-OH is 1. The maximum Gasteiger partial charge on any atom is 0.310 e. The van der Waals surface area contributed by atoms with Gasteiger partial charge in [0.25, 0.3) is 0 Å². The van der Waals surface area contributed by atoms with Crippen molar-refractivity contribution in [3.05, 3.63) is 47.6 Å². The summed E-state index contributed by atoms with van der Waals surface area (Å²) in [5.74, 6) is -0.720. The van der Waals surface area contributed by atoms with Crippen molar-refractivity contribution in [2.24, 2.45) is 11.3 Å². The van der Waals surface area contributed by atoms with E-state index in [-0.39, 0.29) is 17.6 Å². The van der Waals surface area contributed by atoms with Gasteiger partial charge in [-0.1, -0.05) is 67.9 Å². The van der Waals surface area contributed by atoms with Gasteiger partial charge in [0.15, 0.2) is 0 Å². The molecule has 174 valence electrons. The standard InChI is InChI=1S/C27H42O4/c1-21(2)10-9-11-22(3)14-16-24(28)13-6-8-19-27(4)18-7-5-12-23(27)15-17-25(29)20-26(30)31/h6,8,10,13,15,19,22,24,28H,5,7,9,11-12,14,16-18,20H2,1-4H3,(H,30,31)/t22-,24+,27-/m0/s1. The van der Waals surface area contributed by atoms with Crippen molar-refractivity contribution in [2.45, 2.75) is 98.0 Å². The van der Waals surface area contributed by atoms with E-state index >= 15 is 0 Å². The van der Waals surface area contributed by atoms with Crippen LogP contribution >= 0.6 is 0 Å². The summed E-state index contributed by atoms with van der Waals surface area (Å²) < 4.78 is 0. The normalized spacial score (nSPS) is 22.7. The van der Waals surface area contributed by atoms with Crippen LogP contribution in [0.5, 0.6) is 0 Å². The number of ketones is 1. The van der Waals surface area contributed by atoms with E-state index in [9.17, 15) is 14.7 Å². The average molecular weight is 431 g/mol. The Bertz CT molecular complexity index is 694. The highest BCUT2D eigenvalue weighted by molar-refractivity contribution is 5.95. The third kappa shape index (κ3) is 11.9. The third-order valence-corrected chi connectivity index (χ3v) is 6.13. The molecule has 0 radical (unpaired) electrons. The molecule has 0 unspecified atom stereocenters. The van der Waals surface area contributed by atoms with Crippen molar-refractivity contribution in [3.8, 4) is 0 Å². The van der Waals surface area contributed by atoms with E-state index in [2.05, 4.69) is 39.8 Å². The molecule has 3 atom stereocenters. The van der Waals surface area contributed by atoms with Crippen LogP contribution in [-0.2, 0) is 9.59 Å². The summed E-state index contributed by atoms with van der Waals surface area (Å²) in [7, 11) is 0. The van der Waals surface area contributed by atoms with Gasteiger partial charge in [-0.3, -0.25) is 9.59 Å². The first kappa shape index (κ1) is 27.1. The highest BCUT2D eigenvalue weighted by Gasteiger charge is 2.28. The van der Waals surface area contributed by atoms with Crippen LogP contribution in [0.1, 0.15) is 91.9 Å². The summed E-state index contributed by atoms with van der Waals surface area (Å²) in [6, 6.07) is 0. The fourth-order valence-electron chi connectivity index (χ4n) is 4.07. The van der Waals surface area contributed by atoms with Crippen molar-refractivity contribution in [2.75, 3.05) is 0 Å². The minimum Gasteiger partial charge on any atom is -0.481 e. The Morgan fingerprint density at radius 3 is 2.55 bits per heavy atom. The monoisotopic (exact) mass is 430 g/mol. The molecular formula is C27H42O4. The fourth-order valence-corrected chi connectivity index (χ4v) is 4.07. The highest BCUT2D eigenvalue weighted by atomic mass is 16.4. The zero-order chi connectivity index (χ0) is 23.3. The van der Waals surface area contributed by atoms with Crippen molar-refractivity contribution in [1.82, 2.24) is 0 Å². The van der Waals surface area contributed by atoms with Gasteiger partial charge in [0.1, 0.15) is 12.2 Å². The SMILES string of the molecule is CC(C)=CCC[C@H](C)CC[C@H](O)C=CC=C[C@]1(C)CCCCC1=CCC(=O)CC(=O)O. The Kier molecular flexibility index (Phi) is 12.4. The van der Waals surface area contributed by atoms with Crippen LogP contribution in [0.15, 0.2) is 47.6 Å². The molecule has 1 aliphatic rings. The van der Waals surface area contributed by atoms with Gasteiger partial charge >= 0.3 is 5.97 Å². The van der Waals surface area contributed by atoms with Crippen LogP contribution in [0.4, 0.5) is 0 Å². The quantitative estimate of drug-likeness (QED) is 0.197.